The highest BCUT2D eigenvalue weighted by Gasteiger charge is 2.20. The minimum Gasteiger partial charge on any atom is -0.534 e. The predicted molar refractivity (Wildman–Crippen MR) is 34.0 cm³/mol. The van der Waals surface area contributed by atoms with Gasteiger partial charge in [0.15, 0.2) is 0 Å². The van der Waals surface area contributed by atoms with E-state index < -0.39 is 25.6 Å². The molecule has 0 spiro atoms. The minimum atomic E-state index is -3.90. The van der Waals surface area contributed by atoms with E-state index in [1.54, 1.807) is 0 Å². The Bertz CT molecular complexity index is 143. The van der Waals surface area contributed by atoms with Gasteiger partial charge in [0.1, 0.15) is 6.04 Å². The highest BCUT2D eigenvalue weighted by Crippen LogP contribution is 1.90. The van der Waals surface area contributed by atoms with E-state index in [9.17, 15) is 4.79 Å². The molecule has 11 heavy (non-hydrogen) atoms. The number of hydrogen-bond acceptors (Lipinski definition) is 6. The maximum atomic E-state index is 9.97. The van der Waals surface area contributed by atoms with Crippen molar-refractivity contribution in [2.45, 2.75) is 6.04 Å². The number of carboxylic acids is 1. The molecule has 66 valence electrons. The van der Waals surface area contributed by atoms with Gasteiger partial charge in [-0.15, -0.1) is 0 Å². The number of carboxylic acid groups (broad SMARTS) is 1. The lowest BCUT2D eigenvalue weighted by Crippen LogP contribution is -2.45. The van der Waals surface area contributed by atoms with E-state index in [1.165, 1.54) is 0 Å². The van der Waals surface area contributed by atoms with Gasteiger partial charge in [0.05, 0.1) is 0 Å². The molecular formula is C3H9BNO6-. The molecule has 0 amide bonds. The first kappa shape index (κ1) is 10.3. The lowest BCUT2D eigenvalue weighted by Gasteiger charge is -2.23. The zero-order valence-corrected chi connectivity index (χ0v) is 5.54. The van der Waals surface area contributed by atoms with Crippen LogP contribution in [0.2, 0.25) is 0 Å². The first-order valence-electron chi connectivity index (χ1n) is 2.76. The summed E-state index contributed by atoms with van der Waals surface area (Å²) in [4.78, 5) is 9.97. The van der Waals surface area contributed by atoms with Gasteiger partial charge in [0, 0.05) is 6.61 Å². The third kappa shape index (κ3) is 5.76. The average molecular weight is 166 g/mol. The molecular weight excluding hydrogens is 157 g/mol. The maximum absolute atomic E-state index is 9.97. The summed E-state index contributed by atoms with van der Waals surface area (Å²) in [7, 11) is 0. The molecule has 0 bridgehead atoms. The number of carbonyl (C=O) groups is 1. The zero-order chi connectivity index (χ0) is 9.07. The molecule has 0 aliphatic carbocycles. The fourth-order valence-electron chi connectivity index (χ4n) is 0.304. The summed E-state index contributed by atoms with van der Waals surface area (Å²) in [5, 5.41) is 32.6. The molecule has 6 N–H and O–H groups in total. The Morgan fingerprint density at radius 2 is 2.00 bits per heavy atom. The molecule has 1 atom stereocenters. The molecule has 0 aromatic rings. The van der Waals surface area contributed by atoms with Crippen LogP contribution in [0.15, 0.2) is 0 Å². The van der Waals surface area contributed by atoms with Crippen LogP contribution < -0.4 is 5.73 Å². The fraction of sp³-hybridized carbons (Fsp3) is 0.667. The van der Waals surface area contributed by atoms with Crippen molar-refractivity contribution in [1.82, 2.24) is 0 Å². The molecule has 1 unspecified atom stereocenters. The van der Waals surface area contributed by atoms with E-state index in [0.717, 1.165) is 0 Å². The molecule has 0 aliphatic rings. The Hall–Kier alpha value is -0.665. The van der Waals surface area contributed by atoms with Crippen LogP contribution in [-0.4, -0.2) is 45.8 Å². The van der Waals surface area contributed by atoms with Crippen molar-refractivity contribution in [1.29, 1.82) is 0 Å². The van der Waals surface area contributed by atoms with E-state index in [0.29, 0.717) is 0 Å². The minimum absolute atomic E-state index is 0.668. The summed E-state index contributed by atoms with van der Waals surface area (Å²) in [5.74, 6) is -1.36. The molecule has 0 rings (SSSR count). The monoisotopic (exact) mass is 166 g/mol. The van der Waals surface area contributed by atoms with Crippen molar-refractivity contribution in [2.24, 2.45) is 5.73 Å². The van der Waals surface area contributed by atoms with Crippen LogP contribution in [0.3, 0.4) is 0 Å². The lowest BCUT2D eigenvalue weighted by atomic mass is 10.1. The van der Waals surface area contributed by atoms with Gasteiger partial charge < -0.3 is 30.6 Å². The summed E-state index contributed by atoms with van der Waals surface area (Å²) in [6, 6.07) is -1.39. The highest BCUT2D eigenvalue weighted by atomic mass is 16.7. The Balaban J connectivity index is 3.63. The van der Waals surface area contributed by atoms with Crippen LogP contribution >= 0.6 is 0 Å². The Morgan fingerprint density at radius 1 is 1.55 bits per heavy atom. The van der Waals surface area contributed by atoms with Crippen LogP contribution in [-0.2, 0) is 9.45 Å². The summed E-state index contributed by atoms with van der Waals surface area (Å²) in [5.41, 5.74) is 4.88. The summed E-state index contributed by atoms with van der Waals surface area (Å²) in [6.45, 7) is -4.57. The van der Waals surface area contributed by atoms with Crippen molar-refractivity contribution < 1.29 is 29.6 Å². The zero-order valence-electron chi connectivity index (χ0n) is 5.54. The van der Waals surface area contributed by atoms with Crippen molar-refractivity contribution in [2.75, 3.05) is 6.61 Å². The van der Waals surface area contributed by atoms with Crippen LogP contribution in [0, 0.1) is 0 Å². The molecule has 0 saturated heterocycles. The number of rotatable bonds is 4. The van der Waals surface area contributed by atoms with Gasteiger partial charge in [0.2, 0.25) is 0 Å². The van der Waals surface area contributed by atoms with Crippen LogP contribution in [0.4, 0.5) is 0 Å². The van der Waals surface area contributed by atoms with Crippen LogP contribution in [0.1, 0.15) is 0 Å². The first-order valence-corrected chi connectivity index (χ1v) is 2.76. The van der Waals surface area contributed by atoms with Crippen molar-refractivity contribution in [3.63, 3.8) is 0 Å². The second kappa shape index (κ2) is 3.65. The number of aliphatic carboxylic acids is 1. The Morgan fingerprint density at radius 3 is 2.27 bits per heavy atom. The van der Waals surface area contributed by atoms with Crippen molar-refractivity contribution >= 4 is 12.9 Å². The average Bonchev–Trinajstić information content (AvgIpc) is 1.80. The molecule has 7 nitrogen and oxygen atoms in total. The molecule has 0 fully saturated rings. The largest absolute Gasteiger partial charge is 0.534 e. The van der Waals surface area contributed by atoms with E-state index in [1.807, 2.05) is 0 Å². The standard InChI is InChI=1S/C3H9BNO6/c5-2(3(6)7)1-11-4(8,9)10/h2,8-10H,1,5H2,(H,6,7)/q-1. The second-order valence-electron chi connectivity index (χ2n) is 1.94. The number of hydrogen-bond donors (Lipinski definition) is 5. The topological polar surface area (TPSA) is 133 Å². The second-order valence-corrected chi connectivity index (χ2v) is 1.94. The first-order chi connectivity index (χ1) is 4.83. The van der Waals surface area contributed by atoms with Gasteiger partial charge in [-0.25, -0.2) is 0 Å². The molecule has 8 heteroatoms. The molecule has 0 aromatic carbocycles. The van der Waals surface area contributed by atoms with Crippen molar-refractivity contribution in [3.05, 3.63) is 0 Å². The normalized spacial score (nSPS) is 14.5. The quantitative estimate of drug-likeness (QED) is 0.278. The molecule has 0 saturated carbocycles. The van der Waals surface area contributed by atoms with Gasteiger partial charge in [-0.3, -0.25) is 4.79 Å². The third-order valence-corrected chi connectivity index (χ3v) is 0.817. The Labute approximate surface area is 62.1 Å². The van der Waals surface area contributed by atoms with Crippen LogP contribution in [0.5, 0.6) is 0 Å². The van der Waals surface area contributed by atoms with E-state index in [-0.39, 0.29) is 0 Å². The summed E-state index contributed by atoms with van der Waals surface area (Å²) >= 11 is 0. The van der Waals surface area contributed by atoms with Crippen LogP contribution in [0.25, 0.3) is 0 Å². The van der Waals surface area contributed by atoms with Gasteiger partial charge in [-0.05, 0) is 0 Å². The SMILES string of the molecule is NC(CO[B-](O)(O)O)C(=O)O. The van der Waals surface area contributed by atoms with Gasteiger partial charge in [0.25, 0.3) is 0 Å². The summed E-state index contributed by atoms with van der Waals surface area (Å²) in [6.07, 6.45) is 0. The van der Waals surface area contributed by atoms with E-state index >= 15 is 0 Å². The highest BCUT2D eigenvalue weighted by molar-refractivity contribution is 6.48. The van der Waals surface area contributed by atoms with Gasteiger partial charge in [-0.1, -0.05) is 0 Å². The third-order valence-electron chi connectivity index (χ3n) is 0.817. The summed E-state index contributed by atoms with van der Waals surface area (Å²) < 4.78 is 3.88. The maximum Gasteiger partial charge on any atom is 0.524 e. The molecule has 0 aliphatic heterocycles. The van der Waals surface area contributed by atoms with Gasteiger partial charge in [-0.2, -0.15) is 0 Å². The predicted octanol–water partition coefficient (Wildman–Crippen LogP) is -3.17. The lowest BCUT2D eigenvalue weighted by molar-refractivity contribution is -0.139. The van der Waals surface area contributed by atoms with E-state index in [2.05, 4.69) is 4.65 Å². The van der Waals surface area contributed by atoms with Gasteiger partial charge >= 0.3 is 12.9 Å². The molecule has 0 heterocycles. The van der Waals surface area contributed by atoms with Crippen molar-refractivity contribution in [3.8, 4) is 0 Å². The molecule has 0 radical (unpaired) electrons. The fourth-order valence-corrected chi connectivity index (χ4v) is 0.304. The van der Waals surface area contributed by atoms with E-state index in [4.69, 9.17) is 25.9 Å². The smallest absolute Gasteiger partial charge is 0.524 e. The number of nitrogens with two attached hydrogens (primary N) is 1. The molecule has 0 aromatic heterocycles. The Kier molecular flexibility index (Phi) is 3.43.